The van der Waals surface area contributed by atoms with E-state index in [-0.39, 0.29) is 6.54 Å². The predicted octanol–water partition coefficient (Wildman–Crippen LogP) is 3.31. The number of nitrogens with zero attached hydrogens (tertiary/aromatic N) is 2. The molecule has 0 bridgehead atoms. The Hall–Kier alpha value is -2.80. The average Bonchev–Trinajstić information content (AvgIpc) is 2.64. The van der Waals surface area contributed by atoms with Gasteiger partial charge in [0.15, 0.2) is 11.7 Å². The van der Waals surface area contributed by atoms with Gasteiger partial charge in [-0.1, -0.05) is 46.3 Å². The number of hydrogen-bond donors (Lipinski definition) is 1. The van der Waals surface area contributed by atoms with Gasteiger partial charge >= 0.3 is 0 Å². The molecule has 0 fully saturated rings. The van der Waals surface area contributed by atoms with Crippen molar-refractivity contribution < 1.29 is 14.4 Å². The van der Waals surface area contributed by atoms with Gasteiger partial charge in [0.2, 0.25) is 5.91 Å². The molecule has 1 aliphatic heterocycles. The molecular weight excluding hydrogens is 410 g/mol. The van der Waals surface area contributed by atoms with Crippen molar-refractivity contribution in [3.8, 4) is 0 Å². The van der Waals surface area contributed by atoms with Gasteiger partial charge in [-0.2, -0.15) is 5.10 Å². The highest BCUT2D eigenvalue weighted by Gasteiger charge is 2.44. The molecule has 0 radical (unpaired) electrons. The summed E-state index contributed by atoms with van der Waals surface area (Å²) < 4.78 is 0.699. The van der Waals surface area contributed by atoms with Crippen LogP contribution >= 0.6 is 15.9 Å². The number of anilines is 1. The minimum atomic E-state index is -1.46. The van der Waals surface area contributed by atoms with Crippen molar-refractivity contribution in [1.82, 2.24) is 5.43 Å². The molecule has 3 rings (SSSR count). The number of rotatable bonds is 4. The standard InChI is InChI=1S/C20H18BrN3O3/c1-12(2)22-23-19(26)17-18(25)15-10-14(21)8-9-16(15)24(20(17)27)11-13-6-4-3-5-7-13/h3-10,17H,11H2,1-2H3,(H,23,26). The smallest absolute Gasteiger partial charge is 0.260 e. The summed E-state index contributed by atoms with van der Waals surface area (Å²) >= 11 is 3.35. The fraction of sp³-hybridized carbons (Fsp3) is 0.200. The van der Waals surface area contributed by atoms with Gasteiger partial charge in [0, 0.05) is 15.7 Å². The number of nitrogens with one attached hydrogen (secondary N) is 1. The maximum absolute atomic E-state index is 13.1. The predicted molar refractivity (Wildman–Crippen MR) is 107 cm³/mol. The highest BCUT2D eigenvalue weighted by Crippen LogP contribution is 2.34. The van der Waals surface area contributed by atoms with E-state index in [9.17, 15) is 14.4 Å². The van der Waals surface area contributed by atoms with Crippen molar-refractivity contribution in [2.45, 2.75) is 20.4 Å². The number of halogens is 1. The number of hydrazone groups is 1. The van der Waals surface area contributed by atoms with Crippen LogP contribution in [0.1, 0.15) is 29.8 Å². The van der Waals surface area contributed by atoms with Crippen LogP contribution in [-0.2, 0) is 16.1 Å². The van der Waals surface area contributed by atoms with Crippen molar-refractivity contribution in [2.75, 3.05) is 4.90 Å². The number of Topliss-reactive ketones (excluding diaryl/α,β-unsaturated/α-hetero) is 1. The molecule has 1 heterocycles. The van der Waals surface area contributed by atoms with E-state index in [1.165, 1.54) is 4.90 Å². The van der Waals surface area contributed by atoms with Crippen molar-refractivity contribution in [3.63, 3.8) is 0 Å². The molecule has 1 atom stereocenters. The van der Waals surface area contributed by atoms with Crippen LogP contribution in [0.3, 0.4) is 0 Å². The van der Waals surface area contributed by atoms with Gasteiger partial charge in [0.1, 0.15) is 0 Å². The number of ketones is 1. The fourth-order valence-electron chi connectivity index (χ4n) is 2.87. The molecule has 1 N–H and O–H groups in total. The third kappa shape index (κ3) is 3.98. The molecule has 2 amide bonds. The summed E-state index contributed by atoms with van der Waals surface area (Å²) in [5, 5.41) is 3.84. The lowest BCUT2D eigenvalue weighted by molar-refractivity contribution is -0.132. The Morgan fingerprint density at radius 3 is 2.52 bits per heavy atom. The van der Waals surface area contributed by atoms with Crippen molar-refractivity contribution in [2.24, 2.45) is 11.0 Å². The first-order chi connectivity index (χ1) is 12.9. The Kier molecular flexibility index (Phi) is 5.51. The molecule has 1 aliphatic rings. The minimum absolute atomic E-state index is 0.265. The van der Waals surface area contributed by atoms with Gasteiger partial charge in [-0.05, 0) is 37.6 Å². The highest BCUT2D eigenvalue weighted by molar-refractivity contribution is 9.10. The Bertz CT molecular complexity index is 937. The third-order valence-corrected chi connectivity index (χ3v) is 4.62. The monoisotopic (exact) mass is 427 g/mol. The summed E-state index contributed by atoms with van der Waals surface area (Å²) in [6, 6.07) is 14.5. The van der Waals surface area contributed by atoms with E-state index in [0.717, 1.165) is 5.56 Å². The second kappa shape index (κ2) is 7.84. The summed E-state index contributed by atoms with van der Waals surface area (Å²) in [7, 11) is 0. The summed E-state index contributed by atoms with van der Waals surface area (Å²) in [5.41, 5.74) is 4.65. The minimum Gasteiger partial charge on any atom is -0.306 e. The Balaban J connectivity index is 2.03. The molecule has 0 spiro atoms. The second-order valence-electron chi connectivity index (χ2n) is 6.40. The van der Waals surface area contributed by atoms with E-state index in [0.29, 0.717) is 21.4 Å². The van der Waals surface area contributed by atoms with Gasteiger partial charge in [0.25, 0.3) is 5.91 Å². The fourth-order valence-corrected chi connectivity index (χ4v) is 3.24. The second-order valence-corrected chi connectivity index (χ2v) is 7.32. The van der Waals surface area contributed by atoms with Crippen LogP contribution in [0.5, 0.6) is 0 Å². The van der Waals surface area contributed by atoms with Gasteiger partial charge in [-0.15, -0.1) is 0 Å². The lowest BCUT2D eigenvalue weighted by atomic mass is 9.89. The highest BCUT2D eigenvalue weighted by atomic mass is 79.9. The molecule has 7 heteroatoms. The number of fused-ring (bicyclic) bond motifs is 1. The summed E-state index contributed by atoms with van der Waals surface area (Å²) in [5.74, 6) is -3.27. The van der Waals surface area contributed by atoms with Crippen LogP contribution in [0.2, 0.25) is 0 Å². The van der Waals surface area contributed by atoms with Crippen LogP contribution in [0.15, 0.2) is 58.1 Å². The number of carbonyl (C=O) groups excluding carboxylic acids is 3. The van der Waals surface area contributed by atoms with E-state index in [2.05, 4.69) is 26.5 Å². The van der Waals surface area contributed by atoms with E-state index in [4.69, 9.17) is 0 Å². The first-order valence-corrected chi connectivity index (χ1v) is 9.17. The van der Waals surface area contributed by atoms with E-state index >= 15 is 0 Å². The Morgan fingerprint density at radius 2 is 1.85 bits per heavy atom. The molecule has 2 aromatic rings. The van der Waals surface area contributed by atoms with Crippen molar-refractivity contribution >= 4 is 44.9 Å². The van der Waals surface area contributed by atoms with Gasteiger partial charge in [-0.3, -0.25) is 14.4 Å². The molecular formula is C20H18BrN3O3. The molecule has 0 aromatic heterocycles. The molecule has 0 aliphatic carbocycles. The van der Waals surface area contributed by atoms with Gasteiger partial charge in [-0.25, -0.2) is 5.43 Å². The van der Waals surface area contributed by atoms with Gasteiger partial charge < -0.3 is 4.90 Å². The number of hydrogen-bond acceptors (Lipinski definition) is 4. The molecule has 0 saturated carbocycles. The molecule has 6 nitrogen and oxygen atoms in total. The summed E-state index contributed by atoms with van der Waals surface area (Å²) in [6.45, 7) is 3.68. The largest absolute Gasteiger partial charge is 0.306 e. The maximum atomic E-state index is 13.1. The zero-order valence-corrected chi connectivity index (χ0v) is 16.5. The maximum Gasteiger partial charge on any atom is 0.260 e. The number of carbonyl (C=O) groups is 3. The van der Waals surface area contributed by atoms with Crippen LogP contribution < -0.4 is 10.3 Å². The van der Waals surface area contributed by atoms with E-state index in [1.807, 2.05) is 30.3 Å². The Morgan fingerprint density at radius 1 is 1.15 bits per heavy atom. The number of amides is 2. The molecule has 27 heavy (non-hydrogen) atoms. The summed E-state index contributed by atoms with van der Waals surface area (Å²) in [6.07, 6.45) is 0. The van der Waals surface area contributed by atoms with E-state index < -0.39 is 23.5 Å². The lowest BCUT2D eigenvalue weighted by Gasteiger charge is -2.32. The average molecular weight is 428 g/mol. The zero-order valence-electron chi connectivity index (χ0n) is 14.9. The third-order valence-electron chi connectivity index (χ3n) is 4.13. The number of benzene rings is 2. The molecule has 1 unspecified atom stereocenters. The summed E-state index contributed by atoms with van der Waals surface area (Å²) in [4.78, 5) is 39.9. The van der Waals surface area contributed by atoms with Gasteiger partial charge in [0.05, 0.1) is 12.2 Å². The van der Waals surface area contributed by atoms with Crippen LogP contribution in [0, 0.1) is 5.92 Å². The van der Waals surface area contributed by atoms with Crippen molar-refractivity contribution in [3.05, 3.63) is 64.1 Å². The van der Waals surface area contributed by atoms with E-state index in [1.54, 1.807) is 32.0 Å². The Labute approximate surface area is 165 Å². The van der Waals surface area contributed by atoms with Crippen LogP contribution in [-0.4, -0.2) is 23.3 Å². The topological polar surface area (TPSA) is 78.8 Å². The lowest BCUT2D eigenvalue weighted by Crippen LogP contribution is -2.50. The van der Waals surface area contributed by atoms with Crippen LogP contribution in [0.4, 0.5) is 5.69 Å². The molecule has 0 saturated heterocycles. The SMILES string of the molecule is CC(C)=NNC(=O)C1C(=O)c2cc(Br)ccc2N(Cc2ccccc2)C1=O. The zero-order chi connectivity index (χ0) is 19.6. The first kappa shape index (κ1) is 19.0. The first-order valence-electron chi connectivity index (χ1n) is 8.38. The van der Waals surface area contributed by atoms with Crippen LogP contribution in [0.25, 0.3) is 0 Å². The molecule has 138 valence electrons. The van der Waals surface area contributed by atoms with Crippen molar-refractivity contribution in [1.29, 1.82) is 0 Å². The quantitative estimate of drug-likeness (QED) is 0.461. The normalized spacial score (nSPS) is 16.0. The molecule has 2 aromatic carbocycles.